The second-order valence-electron chi connectivity index (χ2n) is 4.47. The van der Waals surface area contributed by atoms with Crippen molar-refractivity contribution in [3.8, 4) is 5.69 Å². The minimum absolute atomic E-state index is 0.692. The van der Waals surface area contributed by atoms with Crippen LogP contribution < -0.4 is 5.32 Å². The van der Waals surface area contributed by atoms with Gasteiger partial charge in [0.15, 0.2) is 0 Å². The highest BCUT2D eigenvalue weighted by Gasteiger charge is 2.16. The number of aromatic nitrogens is 3. The van der Waals surface area contributed by atoms with Gasteiger partial charge in [-0.05, 0) is 25.0 Å². The Morgan fingerprint density at radius 1 is 1.24 bits per heavy atom. The van der Waals surface area contributed by atoms with Gasteiger partial charge in [-0.25, -0.2) is 0 Å². The molecule has 0 spiro atoms. The molecule has 0 saturated heterocycles. The van der Waals surface area contributed by atoms with Gasteiger partial charge in [0, 0.05) is 12.6 Å². The Bertz CT molecular complexity index is 473. The molecule has 0 amide bonds. The summed E-state index contributed by atoms with van der Waals surface area (Å²) in [5.74, 6) is 0. The van der Waals surface area contributed by atoms with Crippen LogP contribution in [0.2, 0.25) is 0 Å². The zero-order valence-electron chi connectivity index (χ0n) is 9.71. The lowest BCUT2D eigenvalue weighted by molar-refractivity contribution is 0.336. The molecule has 1 aromatic carbocycles. The highest BCUT2D eigenvalue weighted by Crippen LogP contribution is 2.18. The van der Waals surface area contributed by atoms with Crippen molar-refractivity contribution in [1.29, 1.82) is 0 Å². The Hall–Kier alpha value is -1.68. The van der Waals surface area contributed by atoms with E-state index in [4.69, 9.17) is 0 Å². The average Bonchev–Trinajstić information content (AvgIpc) is 2.77. The van der Waals surface area contributed by atoms with Gasteiger partial charge in [-0.15, -0.1) is 0 Å². The van der Waals surface area contributed by atoms with Gasteiger partial charge in [0.25, 0.3) is 0 Å². The molecule has 4 nitrogen and oxygen atoms in total. The summed E-state index contributed by atoms with van der Waals surface area (Å²) >= 11 is 0. The molecule has 3 rings (SSSR count). The number of para-hydroxylation sites is 1. The fraction of sp³-hybridized carbons (Fsp3) is 0.385. The van der Waals surface area contributed by atoms with E-state index in [1.54, 1.807) is 4.80 Å². The molecule has 0 atom stereocenters. The van der Waals surface area contributed by atoms with Crippen molar-refractivity contribution in [1.82, 2.24) is 20.3 Å². The van der Waals surface area contributed by atoms with E-state index in [2.05, 4.69) is 15.5 Å². The fourth-order valence-corrected chi connectivity index (χ4v) is 1.92. The summed E-state index contributed by atoms with van der Waals surface area (Å²) in [4.78, 5) is 1.68. The topological polar surface area (TPSA) is 42.7 Å². The lowest BCUT2D eigenvalue weighted by Gasteiger charge is -2.25. The second-order valence-corrected chi connectivity index (χ2v) is 4.47. The second kappa shape index (κ2) is 4.67. The Kier molecular flexibility index (Phi) is 2.88. The molecule has 1 N–H and O–H groups in total. The van der Waals surface area contributed by atoms with Gasteiger partial charge in [0.05, 0.1) is 17.6 Å². The SMILES string of the molecule is c1ccc(-n2ncc(CNC3CCC3)n2)cc1. The van der Waals surface area contributed by atoms with Crippen molar-refractivity contribution < 1.29 is 0 Å². The maximum atomic E-state index is 4.45. The van der Waals surface area contributed by atoms with Crippen LogP contribution in [-0.4, -0.2) is 21.0 Å². The molecule has 1 saturated carbocycles. The van der Waals surface area contributed by atoms with Crippen LogP contribution >= 0.6 is 0 Å². The van der Waals surface area contributed by atoms with Crippen LogP contribution in [0.25, 0.3) is 5.69 Å². The molecule has 17 heavy (non-hydrogen) atoms. The molecule has 1 aliphatic carbocycles. The zero-order chi connectivity index (χ0) is 11.5. The Labute approximate surface area is 101 Å². The average molecular weight is 228 g/mol. The molecule has 0 unspecified atom stereocenters. The number of rotatable bonds is 4. The van der Waals surface area contributed by atoms with Crippen LogP contribution in [-0.2, 0) is 6.54 Å². The van der Waals surface area contributed by atoms with E-state index in [1.165, 1.54) is 19.3 Å². The monoisotopic (exact) mass is 228 g/mol. The third-order valence-corrected chi connectivity index (χ3v) is 3.20. The fourth-order valence-electron chi connectivity index (χ4n) is 1.92. The minimum Gasteiger partial charge on any atom is -0.308 e. The van der Waals surface area contributed by atoms with Crippen molar-refractivity contribution in [2.75, 3.05) is 0 Å². The molecule has 4 heteroatoms. The van der Waals surface area contributed by atoms with Crippen molar-refractivity contribution in [3.63, 3.8) is 0 Å². The first-order chi connectivity index (χ1) is 8.42. The van der Waals surface area contributed by atoms with Crippen LogP contribution in [0.1, 0.15) is 25.0 Å². The summed E-state index contributed by atoms with van der Waals surface area (Å²) in [6.07, 6.45) is 5.78. The van der Waals surface area contributed by atoms with Gasteiger partial charge in [-0.3, -0.25) is 0 Å². The largest absolute Gasteiger partial charge is 0.308 e. The number of nitrogens with zero attached hydrogens (tertiary/aromatic N) is 3. The molecular weight excluding hydrogens is 212 g/mol. The van der Waals surface area contributed by atoms with E-state index in [0.717, 1.165) is 17.9 Å². The molecule has 88 valence electrons. The lowest BCUT2D eigenvalue weighted by Crippen LogP contribution is -2.34. The summed E-state index contributed by atoms with van der Waals surface area (Å²) in [6.45, 7) is 0.817. The van der Waals surface area contributed by atoms with E-state index in [1.807, 2.05) is 36.5 Å². The van der Waals surface area contributed by atoms with Gasteiger partial charge in [-0.1, -0.05) is 24.6 Å². The maximum absolute atomic E-state index is 4.45. The van der Waals surface area contributed by atoms with E-state index in [-0.39, 0.29) is 0 Å². The quantitative estimate of drug-likeness (QED) is 0.869. The number of benzene rings is 1. The Morgan fingerprint density at radius 3 is 2.76 bits per heavy atom. The van der Waals surface area contributed by atoms with Crippen molar-refractivity contribution in [2.24, 2.45) is 0 Å². The van der Waals surface area contributed by atoms with Gasteiger partial charge in [0.2, 0.25) is 0 Å². The van der Waals surface area contributed by atoms with Gasteiger partial charge in [-0.2, -0.15) is 15.0 Å². The third kappa shape index (κ3) is 2.36. The predicted molar refractivity (Wildman–Crippen MR) is 65.8 cm³/mol. The zero-order valence-corrected chi connectivity index (χ0v) is 9.71. The summed E-state index contributed by atoms with van der Waals surface area (Å²) in [7, 11) is 0. The van der Waals surface area contributed by atoms with E-state index in [0.29, 0.717) is 6.04 Å². The van der Waals surface area contributed by atoms with Crippen molar-refractivity contribution in [2.45, 2.75) is 31.8 Å². The standard InChI is InChI=1S/C13H16N4/c1-2-7-13(8-3-1)17-15-10-12(16-17)9-14-11-5-4-6-11/h1-3,7-8,10-11,14H,4-6,9H2. The van der Waals surface area contributed by atoms with Gasteiger partial charge >= 0.3 is 0 Å². The molecular formula is C13H16N4. The summed E-state index contributed by atoms with van der Waals surface area (Å²) < 4.78 is 0. The molecule has 1 aliphatic rings. The first kappa shape index (κ1) is 10.5. The Morgan fingerprint density at radius 2 is 2.06 bits per heavy atom. The summed E-state index contributed by atoms with van der Waals surface area (Å²) in [6, 6.07) is 10.7. The van der Waals surface area contributed by atoms with Crippen LogP contribution in [0.5, 0.6) is 0 Å². The van der Waals surface area contributed by atoms with Crippen LogP contribution in [0.4, 0.5) is 0 Å². The summed E-state index contributed by atoms with van der Waals surface area (Å²) in [5, 5.41) is 12.2. The molecule has 1 aromatic heterocycles. The van der Waals surface area contributed by atoms with Crippen LogP contribution in [0.15, 0.2) is 36.5 Å². The Balaban J connectivity index is 1.65. The molecule has 2 aromatic rings. The maximum Gasteiger partial charge on any atom is 0.0969 e. The minimum atomic E-state index is 0.692. The molecule has 0 bridgehead atoms. The predicted octanol–water partition coefficient (Wildman–Crippen LogP) is 1.91. The van der Waals surface area contributed by atoms with Crippen molar-refractivity contribution >= 4 is 0 Å². The smallest absolute Gasteiger partial charge is 0.0969 e. The lowest BCUT2D eigenvalue weighted by atomic mass is 9.93. The molecule has 1 fully saturated rings. The number of nitrogens with one attached hydrogen (secondary N) is 1. The van der Waals surface area contributed by atoms with Crippen molar-refractivity contribution in [3.05, 3.63) is 42.2 Å². The van der Waals surface area contributed by atoms with Crippen LogP contribution in [0, 0.1) is 0 Å². The first-order valence-electron chi connectivity index (χ1n) is 6.12. The van der Waals surface area contributed by atoms with Crippen LogP contribution in [0.3, 0.4) is 0 Å². The summed E-state index contributed by atoms with van der Waals surface area (Å²) in [5.41, 5.74) is 2.00. The van der Waals surface area contributed by atoms with Gasteiger partial charge < -0.3 is 5.32 Å². The normalized spacial score (nSPS) is 15.8. The van der Waals surface area contributed by atoms with E-state index < -0.39 is 0 Å². The molecule has 1 heterocycles. The number of hydrogen-bond acceptors (Lipinski definition) is 3. The van der Waals surface area contributed by atoms with E-state index >= 15 is 0 Å². The highest BCUT2D eigenvalue weighted by atomic mass is 15.5. The number of hydrogen-bond donors (Lipinski definition) is 1. The first-order valence-corrected chi connectivity index (χ1v) is 6.12. The third-order valence-electron chi connectivity index (χ3n) is 3.20. The van der Waals surface area contributed by atoms with Gasteiger partial charge in [0.1, 0.15) is 0 Å². The molecule has 0 aliphatic heterocycles. The molecule has 0 radical (unpaired) electrons. The van der Waals surface area contributed by atoms with E-state index in [9.17, 15) is 0 Å². The highest BCUT2D eigenvalue weighted by molar-refractivity contribution is 5.28.